The van der Waals surface area contributed by atoms with Crippen LogP contribution in [0, 0.1) is 47.0 Å². The molecule has 4 fully saturated rings. The summed E-state index contributed by atoms with van der Waals surface area (Å²) < 4.78 is 17.0. The number of aryl methyl sites for hydroxylation is 1. The molecule has 9 nitrogen and oxygen atoms in total. The topological polar surface area (TPSA) is 108 Å². The molecule has 206 valence electrons. The summed E-state index contributed by atoms with van der Waals surface area (Å²) >= 11 is 12.5. The highest BCUT2D eigenvalue weighted by Crippen LogP contribution is 2.65. The van der Waals surface area contributed by atoms with Crippen LogP contribution in [0.2, 0.25) is 10.0 Å². The first-order chi connectivity index (χ1) is 18.5. The Kier molecular flexibility index (Phi) is 6.26. The molecular weight excluding hydrogens is 546 g/mol. The maximum absolute atomic E-state index is 13.4. The number of amides is 1. The predicted octanol–water partition coefficient (Wildman–Crippen LogP) is 6.42. The van der Waals surface area contributed by atoms with Gasteiger partial charge in [0.15, 0.2) is 10.8 Å². The quantitative estimate of drug-likeness (QED) is 0.258. The molecule has 3 aromatic rings. The number of carbonyl (C=O) groups excluding carboxylic acids is 1. The fourth-order valence-electron chi connectivity index (χ4n) is 7.97. The standard InChI is InChI=1S/C27H29Cl2FN6O3/c1-15-5-22(32-34(15)13-19-3-4-20(30)7-21(19)28)31-23(37)12-26-8-17-6-18(9-26)11-27(10-17,14-26)35-16(2)24(29)25(33-35)36(38)39/h3-5,7,17-18H,6,8-14H2,1-2H3,(H,31,32,37). The van der Waals surface area contributed by atoms with E-state index in [-0.39, 0.29) is 27.7 Å². The van der Waals surface area contributed by atoms with Gasteiger partial charge in [0.25, 0.3) is 0 Å². The Labute approximate surface area is 234 Å². The lowest BCUT2D eigenvalue weighted by Crippen LogP contribution is -2.57. The van der Waals surface area contributed by atoms with E-state index in [1.807, 2.05) is 17.7 Å². The molecule has 0 aliphatic heterocycles. The van der Waals surface area contributed by atoms with Gasteiger partial charge in [-0.05, 0) is 92.2 Å². The molecule has 4 aliphatic carbocycles. The van der Waals surface area contributed by atoms with E-state index in [9.17, 15) is 19.3 Å². The van der Waals surface area contributed by atoms with Gasteiger partial charge in [-0.1, -0.05) is 29.3 Å². The summed E-state index contributed by atoms with van der Waals surface area (Å²) in [5.41, 5.74) is 1.63. The van der Waals surface area contributed by atoms with Crippen molar-refractivity contribution in [3.63, 3.8) is 0 Å². The highest BCUT2D eigenvalue weighted by atomic mass is 35.5. The largest absolute Gasteiger partial charge is 0.408 e. The Morgan fingerprint density at radius 2 is 1.90 bits per heavy atom. The van der Waals surface area contributed by atoms with E-state index in [1.54, 1.807) is 17.7 Å². The van der Waals surface area contributed by atoms with Crippen molar-refractivity contribution in [2.24, 2.45) is 17.3 Å². The van der Waals surface area contributed by atoms with Crippen molar-refractivity contribution >= 4 is 40.7 Å². The number of rotatable bonds is 7. The Morgan fingerprint density at radius 1 is 1.18 bits per heavy atom. The summed E-state index contributed by atoms with van der Waals surface area (Å²) in [4.78, 5) is 24.4. The summed E-state index contributed by atoms with van der Waals surface area (Å²) in [6.45, 7) is 4.03. The summed E-state index contributed by atoms with van der Waals surface area (Å²) in [6, 6.07) is 6.07. The first-order valence-corrected chi connectivity index (χ1v) is 13.9. The van der Waals surface area contributed by atoms with E-state index in [4.69, 9.17) is 23.2 Å². The molecule has 2 aromatic heterocycles. The van der Waals surface area contributed by atoms with Crippen molar-refractivity contribution in [3.05, 3.63) is 67.2 Å². The van der Waals surface area contributed by atoms with Gasteiger partial charge in [-0.2, -0.15) is 9.78 Å². The van der Waals surface area contributed by atoms with E-state index in [2.05, 4.69) is 15.5 Å². The highest BCUT2D eigenvalue weighted by molar-refractivity contribution is 6.33. The summed E-state index contributed by atoms with van der Waals surface area (Å²) in [7, 11) is 0. The molecule has 2 heterocycles. The number of hydrogen-bond donors (Lipinski definition) is 1. The monoisotopic (exact) mass is 574 g/mol. The molecule has 4 bridgehead atoms. The molecule has 1 aromatic carbocycles. The van der Waals surface area contributed by atoms with Crippen LogP contribution in [0.5, 0.6) is 0 Å². The zero-order valence-electron chi connectivity index (χ0n) is 21.7. The SMILES string of the molecule is Cc1cc(NC(=O)CC23CC4CC(C2)CC(n2nc([N+](=O)[O-])c(Cl)c2C)(C4)C3)nn1Cc1ccc(F)cc1Cl. The van der Waals surface area contributed by atoms with Crippen molar-refractivity contribution in [2.45, 2.75) is 70.9 Å². The van der Waals surface area contributed by atoms with E-state index in [1.165, 1.54) is 12.1 Å². The van der Waals surface area contributed by atoms with Gasteiger partial charge in [-0.3, -0.25) is 9.48 Å². The van der Waals surface area contributed by atoms with Crippen molar-refractivity contribution in [3.8, 4) is 0 Å². The van der Waals surface area contributed by atoms with E-state index in [0.29, 0.717) is 41.3 Å². The zero-order valence-corrected chi connectivity index (χ0v) is 23.2. The summed E-state index contributed by atoms with van der Waals surface area (Å²) in [5, 5.41) is 23.8. The molecule has 0 saturated heterocycles. The fraction of sp³-hybridized carbons (Fsp3) is 0.519. The molecule has 1 N–H and O–H groups in total. The van der Waals surface area contributed by atoms with Gasteiger partial charge in [0.1, 0.15) is 5.82 Å². The Hall–Kier alpha value is -2.98. The number of halogens is 3. The molecule has 1 amide bonds. The van der Waals surface area contributed by atoms with Crippen LogP contribution in [-0.2, 0) is 16.9 Å². The van der Waals surface area contributed by atoms with Gasteiger partial charge in [0.05, 0.1) is 22.9 Å². The van der Waals surface area contributed by atoms with E-state index in [0.717, 1.165) is 49.8 Å². The third-order valence-electron chi connectivity index (χ3n) is 8.92. The second-order valence-electron chi connectivity index (χ2n) is 11.9. The number of benzene rings is 1. The van der Waals surface area contributed by atoms with Crippen LogP contribution in [0.1, 0.15) is 61.9 Å². The molecule has 12 heteroatoms. The molecule has 0 radical (unpaired) electrons. The van der Waals surface area contributed by atoms with Crippen molar-refractivity contribution in [2.75, 3.05) is 5.32 Å². The maximum Gasteiger partial charge on any atom is 0.408 e. The number of anilines is 1. The maximum atomic E-state index is 13.4. The minimum Gasteiger partial charge on any atom is -0.358 e. The number of carbonyl (C=O) groups is 1. The molecule has 39 heavy (non-hydrogen) atoms. The minimum atomic E-state index is -0.527. The Morgan fingerprint density at radius 3 is 2.54 bits per heavy atom. The molecule has 4 aliphatic rings. The first-order valence-electron chi connectivity index (χ1n) is 13.1. The smallest absolute Gasteiger partial charge is 0.358 e. The third-order valence-corrected chi connectivity index (χ3v) is 9.71. The van der Waals surface area contributed by atoms with Crippen molar-refractivity contribution in [1.82, 2.24) is 19.6 Å². The summed E-state index contributed by atoms with van der Waals surface area (Å²) in [5.74, 6) is 0.553. The van der Waals surface area contributed by atoms with E-state index < -0.39 is 10.7 Å². The van der Waals surface area contributed by atoms with Crippen LogP contribution in [0.25, 0.3) is 0 Å². The van der Waals surface area contributed by atoms with Gasteiger partial charge in [-0.15, -0.1) is 0 Å². The van der Waals surface area contributed by atoms with Crippen LogP contribution in [-0.4, -0.2) is 30.4 Å². The second kappa shape index (κ2) is 9.30. The lowest BCUT2D eigenvalue weighted by Gasteiger charge is -2.61. The average Bonchev–Trinajstić information content (AvgIpc) is 3.32. The van der Waals surface area contributed by atoms with Gasteiger partial charge in [-0.25, -0.2) is 4.39 Å². The van der Waals surface area contributed by atoms with Crippen LogP contribution in [0.15, 0.2) is 24.3 Å². The van der Waals surface area contributed by atoms with Crippen LogP contribution in [0.3, 0.4) is 0 Å². The van der Waals surface area contributed by atoms with Gasteiger partial charge in [0, 0.05) is 23.2 Å². The Bertz CT molecular complexity index is 1490. The fourth-order valence-corrected chi connectivity index (χ4v) is 8.39. The second-order valence-corrected chi connectivity index (χ2v) is 12.7. The number of nitrogens with one attached hydrogen (secondary N) is 1. The van der Waals surface area contributed by atoms with Gasteiger partial charge >= 0.3 is 5.82 Å². The number of hydrogen-bond acceptors (Lipinski definition) is 5. The lowest BCUT2D eigenvalue weighted by molar-refractivity contribution is -0.389. The Balaban J connectivity index is 1.20. The zero-order chi connectivity index (χ0) is 27.7. The molecule has 2 atom stereocenters. The molecule has 0 spiro atoms. The van der Waals surface area contributed by atoms with Crippen molar-refractivity contribution < 1.29 is 14.1 Å². The van der Waals surface area contributed by atoms with Crippen LogP contribution < -0.4 is 5.32 Å². The van der Waals surface area contributed by atoms with Crippen LogP contribution in [0.4, 0.5) is 16.0 Å². The number of nitro groups is 1. The average molecular weight is 575 g/mol. The molecule has 7 rings (SSSR count). The highest BCUT2D eigenvalue weighted by Gasteiger charge is 2.60. The minimum absolute atomic E-state index is 0.0930. The van der Waals surface area contributed by atoms with Gasteiger partial charge < -0.3 is 15.4 Å². The van der Waals surface area contributed by atoms with Crippen LogP contribution >= 0.6 is 23.2 Å². The molecule has 2 unspecified atom stereocenters. The lowest BCUT2D eigenvalue weighted by atomic mass is 9.46. The first kappa shape index (κ1) is 26.3. The van der Waals surface area contributed by atoms with E-state index >= 15 is 0 Å². The van der Waals surface area contributed by atoms with Gasteiger partial charge in [0.2, 0.25) is 5.91 Å². The normalized spacial score (nSPS) is 27.2. The third kappa shape index (κ3) is 4.61. The molecule has 4 saturated carbocycles. The predicted molar refractivity (Wildman–Crippen MR) is 144 cm³/mol. The number of nitrogens with zero attached hydrogens (tertiary/aromatic N) is 5. The van der Waals surface area contributed by atoms with Crippen molar-refractivity contribution in [1.29, 1.82) is 0 Å². The number of aromatic nitrogens is 4. The molecular formula is C27H29Cl2FN6O3. The summed E-state index contributed by atoms with van der Waals surface area (Å²) in [6.07, 6.45) is 5.95.